The summed E-state index contributed by atoms with van der Waals surface area (Å²) < 4.78 is 31.3. The van der Waals surface area contributed by atoms with Crippen molar-refractivity contribution in [1.29, 1.82) is 0 Å². The zero-order valence-corrected chi connectivity index (χ0v) is 18.1. The molecule has 0 unspecified atom stereocenters. The van der Waals surface area contributed by atoms with Crippen LogP contribution in [0.15, 0.2) is 23.1 Å². The summed E-state index contributed by atoms with van der Waals surface area (Å²) >= 11 is 0. The van der Waals surface area contributed by atoms with Gasteiger partial charge in [-0.15, -0.1) is 0 Å². The number of hydrogen-bond donors (Lipinski definition) is 1. The average molecular weight is 400 g/mol. The first kappa shape index (κ1) is 23.4. The maximum Gasteiger partial charge on any atom is 0.246 e. The molecule has 1 aromatic rings. The van der Waals surface area contributed by atoms with Crippen LogP contribution < -0.4 is 10.1 Å². The molecule has 0 saturated heterocycles. The molecule has 1 N–H and O–H groups in total. The fourth-order valence-electron chi connectivity index (χ4n) is 2.62. The summed E-state index contributed by atoms with van der Waals surface area (Å²) in [5.74, 6) is 0.0728. The molecule has 154 valence electrons. The van der Waals surface area contributed by atoms with E-state index in [0.29, 0.717) is 5.69 Å². The van der Waals surface area contributed by atoms with Crippen LogP contribution in [-0.4, -0.2) is 63.9 Å². The van der Waals surface area contributed by atoms with Crippen molar-refractivity contribution < 1.29 is 17.9 Å². The molecule has 0 aliphatic heterocycles. The van der Waals surface area contributed by atoms with Crippen LogP contribution in [0.3, 0.4) is 0 Å². The lowest BCUT2D eigenvalue weighted by atomic mass is 10.2. The smallest absolute Gasteiger partial charge is 0.246 e. The van der Waals surface area contributed by atoms with Gasteiger partial charge in [-0.25, -0.2) is 12.7 Å². The maximum absolute atomic E-state index is 12.5. The topological polar surface area (TPSA) is 79.0 Å². The minimum absolute atomic E-state index is 0.0245. The Morgan fingerprint density at radius 1 is 1.22 bits per heavy atom. The number of rotatable bonds is 11. The van der Waals surface area contributed by atoms with Crippen molar-refractivity contribution in [1.82, 2.24) is 9.21 Å². The number of ether oxygens (including phenoxy) is 1. The molecule has 0 aliphatic rings. The highest BCUT2D eigenvalue weighted by Crippen LogP contribution is 2.28. The molecule has 27 heavy (non-hydrogen) atoms. The van der Waals surface area contributed by atoms with E-state index in [2.05, 4.69) is 31.0 Å². The quantitative estimate of drug-likeness (QED) is 0.579. The summed E-state index contributed by atoms with van der Waals surface area (Å²) in [5, 5.41) is 2.80. The van der Waals surface area contributed by atoms with Gasteiger partial charge in [-0.3, -0.25) is 9.69 Å². The van der Waals surface area contributed by atoms with Crippen LogP contribution in [0, 0.1) is 0 Å². The number of carbonyl (C=O) groups is 1. The van der Waals surface area contributed by atoms with Crippen molar-refractivity contribution in [2.45, 2.75) is 51.0 Å². The van der Waals surface area contributed by atoms with E-state index in [1.807, 2.05) is 0 Å². The lowest BCUT2D eigenvalue weighted by Gasteiger charge is -2.25. The van der Waals surface area contributed by atoms with Crippen LogP contribution in [0.4, 0.5) is 5.69 Å². The van der Waals surface area contributed by atoms with Crippen molar-refractivity contribution in [3.05, 3.63) is 18.2 Å². The second-order valence-electron chi connectivity index (χ2n) is 6.97. The molecule has 7 nitrogen and oxygen atoms in total. The third kappa shape index (κ3) is 6.79. The number of nitrogens with one attached hydrogen (secondary N) is 1. The molecular weight excluding hydrogens is 366 g/mol. The number of nitrogens with zero attached hydrogens (tertiary/aromatic N) is 2. The Bertz CT molecular complexity index is 718. The minimum Gasteiger partial charge on any atom is -0.495 e. The number of amides is 1. The predicted molar refractivity (Wildman–Crippen MR) is 109 cm³/mol. The summed E-state index contributed by atoms with van der Waals surface area (Å²) in [5.41, 5.74) is 0.429. The fraction of sp³-hybridized carbons (Fsp3) is 0.632. The Morgan fingerprint density at radius 2 is 1.89 bits per heavy atom. The first-order chi connectivity index (χ1) is 12.6. The van der Waals surface area contributed by atoms with Gasteiger partial charge in [0.1, 0.15) is 10.6 Å². The lowest BCUT2D eigenvalue weighted by Crippen LogP contribution is -2.38. The molecule has 1 aromatic carbocycles. The zero-order chi connectivity index (χ0) is 20.6. The molecule has 1 rings (SSSR count). The second kappa shape index (κ2) is 10.6. The number of hydrogen-bond acceptors (Lipinski definition) is 5. The molecule has 8 heteroatoms. The first-order valence-corrected chi connectivity index (χ1v) is 10.7. The van der Waals surface area contributed by atoms with E-state index in [1.165, 1.54) is 27.3 Å². The van der Waals surface area contributed by atoms with E-state index in [9.17, 15) is 13.2 Å². The van der Waals surface area contributed by atoms with E-state index in [0.717, 1.165) is 30.1 Å². The Balaban J connectivity index is 2.93. The number of benzene rings is 1. The summed E-state index contributed by atoms with van der Waals surface area (Å²) in [6.45, 7) is 7.41. The lowest BCUT2D eigenvalue weighted by molar-refractivity contribution is -0.117. The van der Waals surface area contributed by atoms with Gasteiger partial charge in [0.25, 0.3) is 0 Å². The van der Waals surface area contributed by atoms with Crippen molar-refractivity contribution in [2.24, 2.45) is 0 Å². The fourth-order valence-corrected chi connectivity index (χ4v) is 3.70. The summed E-state index contributed by atoms with van der Waals surface area (Å²) in [4.78, 5) is 14.6. The summed E-state index contributed by atoms with van der Waals surface area (Å²) in [7, 11) is 0.643. The van der Waals surface area contributed by atoms with Gasteiger partial charge in [-0.2, -0.15) is 0 Å². The average Bonchev–Trinajstić information content (AvgIpc) is 2.60. The van der Waals surface area contributed by atoms with Gasteiger partial charge in [-0.05, 0) is 45.0 Å². The van der Waals surface area contributed by atoms with Crippen molar-refractivity contribution in [3.8, 4) is 5.75 Å². The van der Waals surface area contributed by atoms with Gasteiger partial charge in [0, 0.05) is 25.8 Å². The SMILES string of the molecule is CCCCCN(CC(=O)Nc1ccc(OC)c(S(=O)(=O)N(C)C)c1)C(C)C. The van der Waals surface area contributed by atoms with Crippen LogP contribution in [0.5, 0.6) is 5.75 Å². The van der Waals surface area contributed by atoms with Crippen LogP contribution in [-0.2, 0) is 14.8 Å². The van der Waals surface area contributed by atoms with Crippen LogP contribution >= 0.6 is 0 Å². The van der Waals surface area contributed by atoms with Gasteiger partial charge in [0.15, 0.2) is 0 Å². The number of methoxy groups -OCH3 is 1. The molecule has 0 bridgehead atoms. The maximum atomic E-state index is 12.5. The standard InChI is InChI=1S/C19H33N3O4S/c1-7-8-9-12-22(15(2)3)14-19(23)20-16-10-11-17(26-6)18(13-16)27(24,25)21(4)5/h10-11,13,15H,7-9,12,14H2,1-6H3,(H,20,23). The van der Waals surface area contributed by atoms with Crippen LogP contribution in [0.1, 0.15) is 40.0 Å². The normalized spacial score (nSPS) is 12.0. The molecule has 0 aliphatic carbocycles. The van der Waals surface area contributed by atoms with Crippen molar-refractivity contribution in [3.63, 3.8) is 0 Å². The number of sulfonamides is 1. The molecular formula is C19H33N3O4S. The van der Waals surface area contributed by atoms with E-state index in [-0.39, 0.29) is 29.1 Å². The van der Waals surface area contributed by atoms with Gasteiger partial charge < -0.3 is 10.1 Å². The molecule has 0 radical (unpaired) electrons. The van der Waals surface area contributed by atoms with E-state index < -0.39 is 10.0 Å². The Morgan fingerprint density at radius 3 is 2.41 bits per heavy atom. The molecule has 0 fully saturated rings. The Labute approximate surface area is 163 Å². The number of anilines is 1. The van der Waals surface area contributed by atoms with Crippen LogP contribution in [0.2, 0.25) is 0 Å². The highest BCUT2D eigenvalue weighted by Gasteiger charge is 2.23. The van der Waals surface area contributed by atoms with E-state index in [1.54, 1.807) is 12.1 Å². The first-order valence-electron chi connectivity index (χ1n) is 9.28. The Kier molecular flexibility index (Phi) is 9.21. The largest absolute Gasteiger partial charge is 0.495 e. The second-order valence-corrected chi connectivity index (χ2v) is 9.09. The molecule has 0 aromatic heterocycles. The molecule has 1 amide bonds. The molecule has 0 atom stereocenters. The van der Waals surface area contributed by atoms with Gasteiger partial charge in [0.2, 0.25) is 15.9 Å². The summed E-state index contributed by atoms with van der Waals surface area (Å²) in [6, 6.07) is 4.88. The van der Waals surface area contributed by atoms with Gasteiger partial charge in [0.05, 0.1) is 13.7 Å². The van der Waals surface area contributed by atoms with Gasteiger partial charge >= 0.3 is 0 Å². The Hall–Kier alpha value is -1.64. The number of carbonyl (C=O) groups excluding carboxylic acids is 1. The number of unbranched alkanes of at least 4 members (excludes halogenated alkanes) is 2. The monoisotopic (exact) mass is 399 g/mol. The van der Waals surface area contributed by atoms with Crippen molar-refractivity contribution >= 4 is 21.6 Å². The predicted octanol–water partition coefficient (Wildman–Crippen LogP) is 2.78. The molecule has 0 heterocycles. The van der Waals surface area contributed by atoms with Gasteiger partial charge in [-0.1, -0.05) is 19.8 Å². The van der Waals surface area contributed by atoms with E-state index >= 15 is 0 Å². The van der Waals surface area contributed by atoms with Crippen molar-refractivity contribution in [2.75, 3.05) is 39.6 Å². The third-order valence-electron chi connectivity index (χ3n) is 4.33. The molecule has 0 spiro atoms. The van der Waals surface area contributed by atoms with E-state index in [4.69, 9.17) is 4.74 Å². The minimum atomic E-state index is -3.68. The molecule has 0 saturated carbocycles. The summed E-state index contributed by atoms with van der Waals surface area (Å²) in [6.07, 6.45) is 3.32. The highest BCUT2D eigenvalue weighted by atomic mass is 32.2. The highest BCUT2D eigenvalue weighted by molar-refractivity contribution is 7.89. The third-order valence-corrected chi connectivity index (χ3v) is 6.17. The van der Waals surface area contributed by atoms with Crippen LogP contribution in [0.25, 0.3) is 0 Å². The zero-order valence-electron chi connectivity index (χ0n) is 17.3.